The third-order valence-corrected chi connectivity index (χ3v) is 6.19. The van der Waals surface area contributed by atoms with Gasteiger partial charge in [0.25, 0.3) is 6.47 Å². The van der Waals surface area contributed by atoms with Gasteiger partial charge in [-0.2, -0.15) is 0 Å². The van der Waals surface area contributed by atoms with Crippen molar-refractivity contribution in [1.82, 2.24) is 0 Å². The fourth-order valence-corrected chi connectivity index (χ4v) is 4.54. The minimum Gasteiger partial charge on any atom is -0.459 e. The number of carbonyl (C=O) groups excluding carboxylic acids is 3. The Morgan fingerprint density at radius 2 is 1.58 bits per heavy atom. The first kappa shape index (κ1) is 21.5. The van der Waals surface area contributed by atoms with Gasteiger partial charge in [-0.05, 0) is 49.3 Å². The van der Waals surface area contributed by atoms with Crippen LogP contribution in [0.15, 0.2) is 36.9 Å². The molecule has 2 saturated heterocycles. The van der Waals surface area contributed by atoms with E-state index in [9.17, 15) is 14.4 Å². The lowest BCUT2D eigenvalue weighted by Gasteiger charge is -2.28. The Hall–Kier alpha value is -2.71. The van der Waals surface area contributed by atoms with Gasteiger partial charge < -0.3 is 23.7 Å². The molecule has 1 aliphatic carbocycles. The van der Waals surface area contributed by atoms with Gasteiger partial charge >= 0.3 is 11.9 Å². The summed E-state index contributed by atoms with van der Waals surface area (Å²) in [4.78, 5) is 34.5. The van der Waals surface area contributed by atoms with Crippen LogP contribution >= 0.6 is 0 Å². The quantitative estimate of drug-likeness (QED) is 0.281. The van der Waals surface area contributed by atoms with Crippen molar-refractivity contribution >= 4 is 18.4 Å². The molecule has 3 aliphatic rings. The standard InChI is InChI=1S/C23H26O8/c1-2-20(25)30-17-9-7-15(8-10-17)14-3-5-16(6-4-14)23(26)31-19-12-28-21-18(29-13-24)11-27-22(19)21/h2-6,13,15,17-19,21-22H,1,7-12H2. The summed E-state index contributed by atoms with van der Waals surface area (Å²) in [6.07, 6.45) is 2.75. The van der Waals surface area contributed by atoms with Crippen LogP contribution in [-0.2, 0) is 33.3 Å². The minimum absolute atomic E-state index is 0.0530. The van der Waals surface area contributed by atoms with Gasteiger partial charge in [-0.3, -0.25) is 4.79 Å². The smallest absolute Gasteiger partial charge is 0.338 e. The second kappa shape index (κ2) is 9.62. The maximum atomic E-state index is 12.6. The van der Waals surface area contributed by atoms with Crippen molar-refractivity contribution < 1.29 is 38.1 Å². The van der Waals surface area contributed by atoms with Gasteiger partial charge in [0, 0.05) is 6.08 Å². The molecule has 2 heterocycles. The van der Waals surface area contributed by atoms with E-state index in [4.69, 9.17) is 23.7 Å². The average molecular weight is 430 g/mol. The zero-order valence-corrected chi connectivity index (χ0v) is 17.1. The number of hydrogen-bond donors (Lipinski definition) is 0. The fraction of sp³-hybridized carbons (Fsp3) is 0.522. The minimum atomic E-state index is -0.536. The summed E-state index contributed by atoms with van der Waals surface area (Å²) in [7, 11) is 0. The van der Waals surface area contributed by atoms with Gasteiger partial charge in [-0.25, -0.2) is 9.59 Å². The van der Waals surface area contributed by atoms with Crippen molar-refractivity contribution in [1.29, 1.82) is 0 Å². The molecule has 3 fully saturated rings. The molecule has 0 bridgehead atoms. The van der Waals surface area contributed by atoms with E-state index in [0.717, 1.165) is 31.2 Å². The van der Waals surface area contributed by atoms with Crippen LogP contribution in [0.25, 0.3) is 0 Å². The Morgan fingerprint density at radius 1 is 0.935 bits per heavy atom. The monoisotopic (exact) mass is 430 g/mol. The first-order chi connectivity index (χ1) is 15.1. The van der Waals surface area contributed by atoms with Crippen molar-refractivity contribution in [2.45, 2.75) is 62.1 Å². The van der Waals surface area contributed by atoms with Crippen LogP contribution < -0.4 is 0 Å². The zero-order chi connectivity index (χ0) is 21.8. The Bertz CT molecular complexity index is 811. The van der Waals surface area contributed by atoms with Crippen molar-refractivity contribution in [2.24, 2.45) is 0 Å². The summed E-state index contributed by atoms with van der Waals surface area (Å²) in [5.74, 6) is -0.446. The summed E-state index contributed by atoms with van der Waals surface area (Å²) < 4.78 is 27.1. The highest BCUT2D eigenvalue weighted by atomic mass is 16.7. The molecule has 4 unspecified atom stereocenters. The van der Waals surface area contributed by atoms with Gasteiger partial charge in [0.15, 0.2) is 12.2 Å². The molecule has 0 spiro atoms. The summed E-state index contributed by atoms with van der Waals surface area (Å²) in [6.45, 7) is 4.24. The predicted octanol–water partition coefficient (Wildman–Crippen LogP) is 2.31. The number of rotatable bonds is 7. The molecule has 31 heavy (non-hydrogen) atoms. The molecule has 2 aliphatic heterocycles. The summed E-state index contributed by atoms with van der Waals surface area (Å²) in [6, 6.07) is 7.43. The van der Waals surface area contributed by atoms with Crippen molar-refractivity contribution in [3.63, 3.8) is 0 Å². The maximum Gasteiger partial charge on any atom is 0.338 e. The summed E-state index contributed by atoms with van der Waals surface area (Å²) in [5, 5.41) is 0. The number of ether oxygens (including phenoxy) is 5. The number of fused-ring (bicyclic) bond motifs is 1. The highest BCUT2D eigenvalue weighted by Gasteiger charge is 2.50. The third kappa shape index (κ3) is 4.80. The predicted molar refractivity (Wildman–Crippen MR) is 107 cm³/mol. The lowest BCUT2D eigenvalue weighted by Crippen LogP contribution is -2.35. The highest BCUT2D eigenvalue weighted by Crippen LogP contribution is 2.34. The van der Waals surface area contributed by atoms with E-state index in [0.29, 0.717) is 18.0 Å². The van der Waals surface area contributed by atoms with Crippen LogP contribution in [0.1, 0.15) is 47.5 Å². The lowest BCUT2D eigenvalue weighted by molar-refractivity contribution is -0.144. The van der Waals surface area contributed by atoms with Crippen molar-refractivity contribution in [2.75, 3.05) is 13.2 Å². The van der Waals surface area contributed by atoms with E-state index >= 15 is 0 Å². The Kier molecular flexibility index (Phi) is 6.67. The molecular weight excluding hydrogens is 404 g/mol. The van der Waals surface area contributed by atoms with Crippen LogP contribution in [0.4, 0.5) is 0 Å². The van der Waals surface area contributed by atoms with Gasteiger partial charge in [-0.15, -0.1) is 0 Å². The van der Waals surface area contributed by atoms with E-state index in [1.165, 1.54) is 6.08 Å². The molecule has 0 amide bonds. The largest absolute Gasteiger partial charge is 0.459 e. The van der Waals surface area contributed by atoms with Gasteiger partial charge in [0.05, 0.1) is 18.8 Å². The third-order valence-electron chi connectivity index (χ3n) is 6.19. The van der Waals surface area contributed by atoms with Crippen LogP contribution in [0.2, 0.25) is 0 Å². The van der Waals surface area contributed by atoms with E-state index < -0.39 is 30.4 Å². The molecule has 4 rings (SSSR count). The van der Waals surface area contributed by atoms with Gasteiger partial charge in [-0.1, -0.05) is 18.7 Å². The average Bonchev–Trinajstić information content (AvgIpc) is 3.38. The number of esters is 2. The topological polar surface area (TPSA) is 97.4 Å². The van der Waals surface area contributed by atoms with Crippen LogP contribution in [0, 0.1) is 0 Å². The molecule has 0 N–H and O–H groups in total. The molecule has 0 aromatic heterocycles. The Balaban J connectivity index is 1.29. The maximum absolute atomic E-state index is 12.6. The van der Waals surface area contributed by atoms with Crippen LogP contribution in [0.5, 0.6) is 0 Å². The van der Waals surface area contributed by atoms with Gasteiger partial charge in [0.1, 0.15) is 18.3 Å². The SMILES string of the molecule is C=CC(=O)OC1CCC(c2ccc(C(=O)OC3COC4C(OC=O)COC34)cc2)CC1. The molecule has 8 nitrogen and oxygen atoms in total. The van der Waals surface area contributed by atoms with Crippen LogP contribution in [-0.4, -0.2) is 62.1 Å². The summed E-state index contributed by atoms with van der Waals surface area (Å²) in [5.41, 5.74) is 1.61. The van der Waals surface area contributed by atoms with E-state index in [1.807, 2.05) is 12.1 Å². The second-order valence-electron chi connectivity index (χ2n) is 8.05. The van der Waals surface area contributed by atoms with Crippen molar-refractivity contribution in [3.05, 3.63) is 48.0 Å². The van der Waals surface area contributed by atoms with E-state index in [1.54, 1.807) is 12.1 Å². The molecule has 1 saturated carbocycles. The number of carbonyl (C=O) groups is 3. The number of benzene rings is 1. The fourth-order valence-electron chi connectivity index (χ4n) is 4.54. The molecule has 0 radical (unpaired) electrons. The molecule has 1 aromatic carbocycles. The van der Waals surface area contributed by atoms with Crippen LogP contribution in [0.3, 0.4) is 0 Å². The van der Waals surface area contributed by atoms with Crippen molar-refractivity contribution in [3.8, 4) is 0 Å². The molecule has 166 valence electrons. The summed E-state index contributed by atoms with van der Waals surface area (Å²) >= 11 is 0. The Morgan fingerprint density at radius 3 is 2.23 bits per heavy atom. The first-order valence-electron chi connectivity index (χ1n) is 10.6. The van der Waals surface area contributed by atoms with Gasteiger partial charge in [0.2, 0.25) is 0 Å². The highest BCUT2D eigenvalue weighted by molar-refractivity contribution is 5.89. The number of hydrogen-bond acceptors (Lipinski definition) is 8. The molecule has 8 heteroatoms. The Labute approximate surface area is 180 Å². The second-order valence-corrected chi connectivity index (χ2v) is 8.05. The lowest BCUT2D eigenvalue weighted by atomic mass is 9.82. The first-order valence-corrected chi connectivity index (χ1v) is 10.6. The van der Waals surface area contributed by atoms with E-state index in [2.05, 4.69) is 6.58 Å². The molecule has 1 aromatic rings. The molecular formula is C23H26O8. The zero-order valence-electron chi connectivity index (χ0n) is 17.1. The van der Waals surface area contributed by atoms with E-state index in [-0.39, 0.29) is 25.3 Å². The molecule has 4 atom stereocenters. The normalized spacial score (nSPS) is 32.0.